The molecule has 0 aliphatic carbocycles. The summed E-state index contributed by atoms with van der Waals surface area (Å²) in [5.41, 5.74) is 1.11. The maximum absolute atomic E-state index is 12.8. The molecule has 0 bridgehead atoms. The predicted octanol–water partition coefficient (Wildman–Crippen LogP) is 2.53. The maximum atomic E-state index is 12.8. The first kappa shape index (κ1) is 15.1. The smallest absolute Gasteiger partial charge is 0.123 e. The molecule has 0 aliphatic rings. The maximum Gasteiger partial charge on any atom is 0.123 e. The number of hydrogen-bond donors (Lipinski definition) is 1. The lowest BCUT2D eigenvalue weighted by Gasteiger charge is -2.17. The van der Waals surface area contributed by atoms with Crippen LogP contribution in [0.25, 0.3) is 0 Å². The lowest BCUT2D eigenvalue weighted by molar-refractivity contribution is 0.0710. The van der Waals surface area contributed by atoms with Crippen molar-refractivity contribution in [2.24, 2.45) is 0 Å². The molecule has 0 amide bonds. The Hall–Kier alpha value is -0.970. The van der Waals surface area contributed by atoms with Crippen molar-refractivity contribution in [3.63, 3.8) is 0 Å². The average molecular weight is 255 g/mol. The molecule has 0 heterocycles. The summed E-state index contributed by atoms with van der Waals surface area (Å²) < 4.78 is 23.1. The molecule has 4 heteroatoms. The van der Waals surface area contributed by atoms with E-state index in [1.165, 1.54) is 12.1 Å². The molecule has 1 unspecified atom stereocenters. The van der Waals surface area contributed by atoms with Crippen LogP contribution in [0.3, 0.4) is 0 Å². The molecular weight excluding hydrogens is 233 g/mol. The van der Waals surface area contributed by atoms with Crippen LogP contribution in [0.5, 0.6) is 0 Å². The highest BCUT2D eigenvalue weighted by Gasteiger charge is 2.07. The lowest BCUT2D eigenvalue weighted by Crippen LogP contribution is -2.25. The van der Waals surface area contributed by atoms with Gasteiger partial charge in [-0.15, -0.1) is 0 Å². The summed E-state index contributed by atoms with van der Waals surface area (Å²) in [6, 6.07) is 6.88. The second-order valence-electron chi connectivity index (χ2n) is 4.07. The lowest BCUT2D eigenvalue weighted by atomic mass is 10.0. The number of methoxy groups -OCH3 is 1. The molecule has 0 saturated heterocycles. The second-order valence-corrected chi connectivity index (χ2v) is 4.07. The highest BCUT2D eigenvalue weighted by Crippen LogP contribution is 2.16. The van der Waals surface area contributed by atoms with Gasteiger partial charge in [-0.25, -0.2) is 4.39 Å². The number of benzene rings is 1. The summed E-state index contributed by atoms with van der Waals surface area (Å²) in [6.45, 7) is 4.77. The number of nitrogens with one attached hydrogen (secondary N) is 1. The minimum atomic E-state index is -0.198. The molecule has 0 fully saturated rings. The van der Waals surface area contributed by atoms with E-state index in [4.69, 9.17) is 9.47 Å². The summed E-state index contributed by atoms with van der Waals surface area (Å²) in [6.07, 6.45) is 0.962. The van der Waals surface area contributed by atoms with E-state index < -0.39 is 0 Å². The second kappa shape index (κ2) is 9.03. The van der Waals surface area contributed by atoms with E-state index in [0.29, 0.717) is 19.8 Å². The van der Waals surface area contributed by atoms with Crippen molar-refractivity contribution in [2.75, 3.05) is 33.5 Å². The van der Waals surface area contributed by atoms with Gasteiger partial charge in [0.05, 0.1) is 19.8 Å². The Morgan fingerprint density at radius 3 is 2.50 bits per heavy atom. The molecule has 1 aromatic carbocycles. The van der Waals surface area contributed by atoms with Crippen molar-refractivity contribution in [1.29, 1.82) is 0 Å². The van der Waals surface area contributed by atoms with Crippen molar-refractivity contribution in [3.05, 3.63) is 35.6 Å². The van der Waals surface area contributed by atoms with E-state index in [1.54, 1.807) is 7.11 Å². The molecule has 1 atom stereocenters. The molecule has 3 nitrogen and oxygen atoms in total. The van der Waals surface area contributed by atoms with Crippen LogP contribution in [0.1, 0.15) is 24.9 Å². The Morgan fingerprint density at radius 1 is 1.17 bits per heavy atom. The van der Waals surface area contributed by atoms with Crippen molar-refractivity contribution < 1.29 is 13.9 Å². The fraction of sp³-hybridized carbons (Fsp3) is 0.571. The molecule has 1 N–H and O–H groups in total. The molecule has 1 aromatic rings. The first-order valence-corrected chi connectivity index (χ1v) is 6.33. The predicted molar refractivity (Wildman–Crippen MR) is 70.1 cm³/mol. The van der Waals surface area contributed by atoms with Gasteiger partial charge >= 0.3 is 0 Å². The Bertz CT molecular complexity index is 316. The Morgan fingerprint density at radius 2 is 1.89 bits per heavy atom. The van der Waals surface area contributed by atoms with Crippen LogP contribution in [-0.4, -0.2) is 33.5 Å². The number of halogens is 1. The summed E-state index contributed by atoms with van der Waals surface area (Å²) >= 11 is 0. The van der Waals surface area contributed by atoms with Crippen LogP contribution in [0.2, 0.25) is 0 Å². The first-order chi connectivity index (χ1) is 8.77. The van der Waals surface area contributed by atoms with Gasteiger partial charge in [-0.3, -0.25) is 0 Å². The third-order valence-electron chi connectivity index (χ3n) is 2.75. The largest absolute Gasteiger partial charge is 0.382 e. The summed E-state index contributed by atoms with van der Waals surface area (Å²) in [5.74, 6) is -0.198. The summed E-state index contributed by atoms with van der Waals surface area (Å²) in [5, 5.41) is 3.39. The zero-order valence-electron chi connectivity index (χ0n) is 11.1. The quantitative estimate of drug-likeness (QED) is 0.688. The van der Waals surface area contributed by atoms with E-state index in [9.17, 15) is 4.39 Å². The zero-order valence-corrected chi connectivity index (χ0v) is 11.1. The molecule has 0 aromatic heterocycles. The Balaban J connectivity index is 2.27. The van der Waals surface area contributed by atoms with Gasteiger partial charge < -0.3 is 14.8 Å². The number of rotatable bonds is 9. The van der Waals surface area contributed by atoms with Gasteiger partial charge in [0.1, 0.15) is 5.82 Å². The number of ether oxygens (including phenoxy) is 2. The normalized spacial score (nSPS) is 12.6. The summed E-state index contributed by atoms with van der Waals surface area (Å²) in [4.78, 5) is 0. The van der Waals surface area contributed by atoms with E-state index >= 15 is 0 Å². The van der Waals surface area contributed by atoms with Gasteiger partial charge in [-0.05, 0) is 24.1 Å². The van der Waals surface area contributed by atoms with Gasteiger partial charge in [0.25, 0.3) is 0 Å². The first-order valence-electron chi connectivity index (χ1n) is 6.33. The molecule has 18 heavy (non-hydrogen) atoms. The standard InChI is InChI=1S/C14H22FNO2/c1-3-14(12-4-6-13(15)7-5-12)16-8-9-18-11-10-17-2/h4-7,14,16H,3,8-11H2,1-2H3. The van der Waals surface area contributed by atoms with E-state index in [0.717, 1.165) is 18.5 Å². The molecule has 102 valence electrons. The van der Waals surface area contributed by atoms with Crippen LogP contribution in [0.15, 0.2) is 24.3 Å². The van der Waals surface area contributed by atoms with Crippen LogP contribution in [-0.2, 0) is 9.47 Å². The van der Waals surface area contributed by atoms with E-state index in [-0.39, 0.29) is 11.9 Å². The third-order valence-corrected chi connectivity index (χ3v) is 2.75. The fourth-order valence-corrected chi connectivity index (χ4v) is 1.74. The van der Waals surface area contributed by atoms with E-state index in [1.807, 2.05) is 12.1 Å². The van der Waals surface area contributed by atoms with Crippen molar-refractivity contribution in [2.45, 2.75) is 19.4 Å². The topological polar surface area (TPSA) is 30.5 Å². The SMILES string of the molecule is CCC(NCCOCCOC)c1ccc(F)cc1. The van der Waals surface area contributed by atoms with Crippen LogP contribution >= 0.6 is 0 Å². The fourth-order valence-electron chi connectivity index (χ4n) is 1.74. The van der Waals surface area contributed by atoms with Crippen molar-refractivity contribution >= 4 is 0 Å². The van der Waals surface area contributed by atoms with Gasteiger partial charge in [0.15, 0.2) is 0 Å². The highest BCUT2D eigenvalue weighted by molar-refractivity contribution is 5.19. The molecule has 0 saturated carbocycles. The molecule has 0 aliphatic heterocycles. The van der Waals surface area contributed by atoms with Crippen LogP contribution in [0, 0.1) is 5.82 Å². The van der Waals surface area contributed by atoms with Crippen molar-refractivity contribution in [1.82, 2.24) is 5.32 Å². The van der Waals surface area contributed by atoms with Crippen LogP contribution in [0.4, 0.5) is 4.39 Å². The minimum absolute atomic E-state index is 0.198. The minimum Gasteiger partial charge on any atom is -0.382 e. The average Bonchev–Trinajstić information content (AvgIpc) is 2.39. The van der Waals surface area contributed by atoms with Crippen LogP contribution < -0.4 is 5.32 Å². The monoisotopic (exact) mass is 255 g/mol. The Labute approximate surface area is 108 Å². The van der Waals surface area contributed by atoms with Crippen molar-refractivity contribution in [3.8, 4) is 0 Å². The Kier molecular flexibility index (Phi) is 7.57. The third kappa shape index (κ3) is 5.58. The molecule has 1 rings (SSSR count). The van der Waals surface area contributed by atoms with Gasteiger partial charge in [0.2, 0.25) is 0 Å². The molecular formula is C14H22FNO2. The van der Waals surface area contributed by atoms with Gasteiger partial charge in [-0.1, -0.05) is 19.1 Å². The molecule has 0 spiro atoms. The zero-order chi connectivity index (χ0) is 13.2. The van der Waals surface area contributed by atoms with Gasteiger partial charge in [0, 0.05) is 19.7 Å². The molecule has 0 radical (unpaired) electrons. The van der Waals surface area contributed by atoms with Gasteiger partial charge in [-0.2, -0.15) is 0 Å². The number of hydrogen-bond acceptors (Lipinski definition) is 3. The highest BCUT2D eigenvalue weighted by atomic mass is 19.1. The summed E-state index contributed by atoms with van der Waals surface area (Å²) in [7, 11) is 1.66. The van der Waals surface area contributed by atoms with E-state index in [2.05, 4.69) is 12.2 Å².